The van der Waals surface area contributed by atoms with Crippen molar-refractivity contribution in [3.8, 4) is 0 Å². The fourth-order valence-corrected chi connectivity index (χ4v) is 14.5. The fraction of sp³-hybridized carbons (Fsp3) is 0.488. The standard InChI is InChI=1S/C43H53ClN4O4Si/c1-30-27-47(42(5)29-51-28-38(42)52-53(41(2,3)4,33-12-8-6-9-13-33)34-14-10-7-11-15-34)18-19-48(30)37-23-31-24-39(45-26-32(31)22-36(37)44)46-40(49)35-25-43(35)16-20-50-21-17-43/h6-15,22-24,26,30,35,38H,16-21,25,27-29H2,1-5H3,(H,45,46,49)/t30-,35?,38?,42?/m0/s1. The first-order chi connectivity index (χ1) is 25.4. The van der Waals surface area contributed by atoms with Crippen LogP contribution in [-0.2, 0) is 18.7 Å². The van der Waals surface area contributed by atoms with Gasteiger partial charge in [0.2, 0.25) is 5.91 Å². The molecule has 1 amide bonds. The Kier molecular flexibility index (Phi) is 9.73. The van der Waals surface area contributed by atoms with Crippen molar-refractivity contribution < 1.29 is 18.7 Å². The Bertz CT molecular complexity index is 1910. The van der Waals surface area contributed by atoms with E-state index in [-0.39, 0.29) is 40.0 Å². The Morgan fingerprint density at radius 1 is 0.962 bits per heavy atom. The second-order valence-electron chi connectivity index (χ2n) is 17.1. The van der Waals surface area contributed by atoms with Crippen LogP contribution in [0.25, 0.3) is 10.8 Å². The molecule has 3 aromatic carbocycles. The number of carbonyl (C=O) groups excluding carboxylic acids is 1. The fourth-order valence-electron chi connectivity index (χ4n) is 9.49. The molecule has 3 saturated heterocycles. The summed E-state index contributed by atoms with van der Waals surface area (Å²) < 4.78 is 19.6. The highest BCUT2D eigenvalue weighted by molar-refractivity contribution is 6.99. The third-order valence-electron chi connectivity index (χ3n) is 12.8. The molecule has 3 unspecified atom stereocenters. The largest absolute Gasteiger partial charge is 0.400 e. The smallest absolute Gasteiger partial charge is 0.261 e. The minimum atomic E-state index is -2.78. The van der Waals surface area contributed by atoms with Gasteiger partial charge in [0.15, 0.2) is 0 Å². The van der Waals surface area contributed by atoms with Crippen molar-refractivity contribution in [3.63, 3.8) is 0 Å². The van der Waals surface area contributed by atoms with Crippen LogP contribution in [0.3, 0.4) is 0 Å². The second kappa shape index (κ2) is 14.1. The van der Waals surface area contributed by atoms with Crippen LogP contribution in [0.15, 0.2) is 85.1 Å². The lowest BCUT2D eigenvalue weighted by Gasteiger charge is -2.52. The zero-order valence-electron chi connectivity index (χ0n) is 31.7. The number of nitrogens with zero attached hydrogens (tertiary/aromatic N) is 3. The summed E-state index contributed by atoms with van der Waals surface area (Å²) in [7, 11) is -2.78. The molecule has 4 atom stereocenters. The van der Waals surface area contributed by atoms with Gasteiger partial charge in [-0.25, -0.2) is 4.98 Å². The van der Waals surface area contributed by atoms with Gasteiger partial charge >= 0.3 is 0 Å². The molecule has 4 aromatic rings. The molecular formula is C43H53ClN4O4Si. The molecular weight excluding hydrogens is 700 g/mol. The Morgan fingerprint density at radius 3 is 2.28 bits per heavy atom. The molecule has 1 aromatic heterocycles. The van der Waals surface area contributed by atoms with Gasteiger partial charge in [-0.1, -0.05) is 93.0 Å². The second-order valence-corrected chi connectivity index (χ2v) is 21.7. The molecule has 1 aliphatic carbocycles. The molecule has 10 heteroatoms. The van der Waals surface area contributed by atoms with Gasteiger partial charge in [-0.2, -0.15) is 0 Å². The number of hydrogen-bond donors (Lipinski definition) is 1. The van der Waals surface area contributed by atoms with Crippen LogP contribution in [0, 0.1) is 11.3 Å². The quantitative estimate of drug-likeness (QED) is 0.197. The van der Waals surface area contributed by atoms with E-state index in [0.717, 1.165) is 68.6 Å². The van der Waals surface area contributed by atoms with Crippen molar-refractivity contribution in [2.24, 2.45) is 11.3 Å². The number of aromatic nitrogens is 1. The van der Waals surface area contributed by atoms with E-state index in [1.807, 2.05) is 18.3 Å². The molecule has 1 spiro atoms. The van der Waals surface area contributed by atoms with Crippen LogP contribution in [-0.4, -0.2) is 87.9 Å². The molecule has 280 valence electrons. The van der Waals surface area contributed by atoms with E-state index in [0.29, 0.717) is 24.1 Å². The molecule has 8 nitrogen and oxygen atoms in total. The van der Waals surface area contributed by atoms with Crippen molar-refractivity contribution in [1.29, 1.82) is 0 Å². The minimum absolute atomic E-state index is 0.0443. The number of carbonyl (C=O) groups is 1. The van der Waals surface area contributed by atoms with Gasteiger partial charge in [-0.05, 0) is 77.5 Å². The highest BCUT2D eigenvalue weighted by atomic mass is 35.5. The summed E-state index contributed by atoms with van der Waals surface area (Å²) in [5.41, 5.74) is 0.823. The van der Waals surface area contributed by atoms with Crippen molar-refractivity contribution in [1.82, 2.24) is 9.88 Å². The van der Waals surface area contributed by atoms with Crippen molar-refractivity contribution >= 4 is 58.5 Å². The highest BCUT2D eigenvalue weighted by Crippen LogP contribution is 2.59. The number of pyridine rings is 1. The topological polar surface area (TPSA) is 76.2 Å². The molecule has 3 aliphatic heterocycles. The Labute approximate surface area is 320 Å². The van der Waals surface area contributed by atoms with E-state index >= 15 is 0 Å². The normalized spacial score (nSPS) is 26.2. The lowest BCUT2D eigenvalue weighted by atomic mass is 9.93. The summed E-state index contributed by atoms with van der Waals surface area (Å²) in [6, 6.07) is 28.1. The lowest BCUT2D eigenvalue weighted by Crippen LogP contribution is -2.71. The van der Waals surface area contributed by atoms with E-state index in [9.17, 15) is 4.79 Å². The van der Waals surface area contributed by atoms with E-state index in [2.05, 4.69) is 121 Å². The number of fused-ring (bicyclic) bond motifs is 1. The summed E-state index contributed by atoms with van der Waals surface area (Å²) in [4.78, 5) is 22.8. The molecule has 8 rings (SSSR count). The van der Waals surface area contributed by atoms with Gasteiger partial charge in [0, 0.05) is 56.4 Å². The number of piperazine rings is 1. The predicted molar refractivity (Wildman–Crippen MR) is 216 cm³/mol. The van der Waals surface area contributed by atoms with Crippen LogP contribution in [0.4, 0.5) is 11.5 Å². The monoisotopic (exact) mass is 752 g/mol. The van der Waals surface area contributed by atoms with Gasteiger partial charge in [0.25, 0.3) is 8.32 Å². The molecule has 1 saturated carbocycles. The summed E-state index contributed by atoms with van der Waals surface area (Å²) in [6.07, 6.45) is 4.58. The van der Waals surface area contributed by atoms with Crippen molar-refractivity contribution in [3.05, 3.63) is 90.1 Å². The third kappa shape index (κ3) is 6.61. The Morgan fingerprint density at radius 2 is 1.64 bits per heavy atom. The van der Waals surface area contributed by atoms with Gasteiger partial charge in [0.05, 0.1) is 35.6 Å². The van der Waals surface area contributed by atoms with Gasteiger partial charge in [-0.15, -0.1) is 0 Å². The first-order valence-corrected chi connectivity index (χ1v) is 21.6. The highest BCUT2D eigenvalue weighted by Gasteiger charge is 2.58. The number of halogens is 1. The molecule has 0 radical (unpaired) electrons. The number of rotatable bonds is 8. The lowest BCUT2D eigenvalue weighted by molar-refractivity contribution is -0.118. The number of nitrogens with one attached hydrogen (secondary N) is 1. The van der Waals surface area contributed by atoms with Crippen LogP contribution in [0.1, 0.15) is 53.9 Å². The van der Waals surface area contributed by atoms with Gasteiger partial charge in [0.1, 0.15) is 5.82 Å². The third-order valence-corrected chi connectivity index (χ3v) is 18.1. The molecule has 0 bridgehead atoms. The average molecular weight is 753 g/mol. The van der Waals surface area contributed by atoms with E-state index < -0.39 is 8.32 Å². The maximum atomic E-state index is 13.2. The SMILES string of the molecule is C[C@H]1CN(C2(C)COCC2O[Si](c2ccccc2)(c2ccccc2)C(C)(C)C)CCN1c1cc2cc(NC(=O)C3CC34CCOCC4)ncc2cc1Cl. The first-order valence-electron chi connectivity index (χ1n) is 19.3. The van der Waals surface area contributed by atoms with Gasteiger partial charge < -0.3 is 24.1 Å². The number of hydrogen-bond acceptors (Lipinski definition) is 7. The summed E-state index contributed by atoms with van der Waals surface area (Å²) in [5.74, 6) is 0.700. The average Bonchev–Trinajstić information content (AvgIpc) is 3.71. The molecule has 53 heavy (non-hydrogen) atoms. The number of anilines is 2. The molecule has 1 N–H and O–H groups in total. The van der Waals surface area contributed by atoms with Crippen molar-refractivity contribution in [2.75, 3.05) is 56.3 Å². The Balaban J connectivity index is 1.01. The van der Waals surface area contributed by atoms with Crippen LogP contribution < -0.4 is 20.6 Å². The van der Waals surface area contributed by atoms with Crippen molar-refractivity contribution in [2.45, 2.75) is 76.6 Å². The van der Waals surface area contributed by atoms with Crippen LogP contribution in [0.2, 0.25) is 10.1 Å². The van der Waals surface area contributed by atoms with Crippen LogP contribution >= 0.6 is 11.6 Å². The number of benzene rings is 3. The maximum Gasteiger partial charge on any atom is 0.261 e. The van der Waals surface area contributed by atoms with E-state index in [4.69, 9.17) is 25.5 Å². The zero-order valence-corrected chi connectivity index (χ0v) is 33.5. The number of ether oxygens (including phenoxy) is 2. The predicted octanol–water partition coefficient (Wildman–Crippen LogP) is 6.89. The van der Waals surface area contributed by atoms with Gasteiger partial charge in [-0.3, -0.25) is 9.69 Å². The van der Waals surface area contributed by atoms with Crippen LogP contribution in [0.5, 0.6) is 0 Å². The first kappa shape index (κ1) is 36.7. The summed E-state index contributed by atoms with van der Waals surface area (Å²) in [6.45, 7) is 16.8. The zero-order chi connectivity index (χ0) is 37.0. The Hall–Kier alpha value is -3.31. The minimum Gasteiger partial charge on any atom is -0.400 e. The van der Waals surface area contributed by atoms with E-state index in [1.54, 1.807) is 0 Å². The molecule has 4 aliphatic rings. The number of amides is 1. The van der Waals surface area contributed by atoms with E-state index in [1.165, 1.54) is 10.4 Å². The maximum absolute atomic E-state index is 13.2. The molecule has 4 heterocycles. The summed E-state index contributed by atoms with van der Waals surface area (Å²) in [5, 5.41) is 8.23. The summed E-state index contributed by atoms with van der Waals surface area (Å²) >= 11 is 7.01. The molecule has 4 fully saturated rings.